The van der Waals surface area contributed by atoms with Crippen LogP contribution in [0.4, 0.5) is 0 Å². The van der Waals surface area contributed by atoms with Crippen molar-refractivity contribution in [3.8, 4) is 5.75 Å². The van der Waals surface area contributed by atoms with Gasteiger partial charge in [-0.15, -0.1) is 0 Å². The van der Waals surface area contributed by atoms with Crippen LogP contribution in [-0.4, -0.2) is 32.1 Å². The molecule has 0 aromatic heterocycles. The summed E-state index contributed by atoms with van der Waals surface area (Å²) in [6, 6.07) is 8.16. The van der Waals surface area contributed by atoms with E-state index in [0.717, 1.165) is 44.7 Å². The second kappa shape index (κ2) is 8.79. The lowest BCUT2D eigenvalue weighted by Gasteiger charge is -2.21. The molecule has 2 rings (SSSR count). The Morgan fingerprint density at radius 2 is 1.95 bits per heavy atom. The summed E-state index contributed by atoms with van der Waals surface area (Å²) >= 11 is 0. The fourth-order valence-corrected chi connectivity index (χ4v) is 2.57. The molecular formula is C18H28N2O2. The van der Waals surface area contributed by atoms with Crippen molar-refractivity contribution in [1.82, 2.24) is 10.6 Å². The maximum Gasteiger partial charge on any atom is 0.223 e. The molecule has 1 fully saturated rings. The van der Waals surface area contributed by atoms with Crippen LogP contribution >= 0.6 is 0 Å². The summed E-state index contributed by atoms with van der Waals surface area (Å²) in [6.45, 7) is 7.63. The van der Waals surface area contributed by atoms with Gasteiger partial charge in [-0.05, 0) is 56.0 Å². The zero-order chi connectivity index (χ0) is 15.8. The summed E-state index contributed by atoms with van der Waals surface area (Å²) < 4.78 is 5.67. The molecule has 0 aliphatic carbocycles. The number of piperidine rings is 1. The van der Waals surface area contributed by atoms with Crippen LogP contribution in [0.1, 0.15) is 32.3 Å². The van der Waals surface area contributed by atoms with Gasteiger partial charge in [-0.25, -0.2) is 0 Å². The van der Waals surface area contributed by atoms with Crippen molar-refractivity contribution in [3.05, 3.63) is 29.8 Å². The number of ether oxygens (including phenoxy) is 1. The summed E-state index contributed by atoms with van der Waals surface area (Å²) in [5.41, 5.74) is 1.22. The number of nitrogens with one attached hydrogen (secondary N) is 2. The average Bonchev–Trinajstić information content (AvgIpc) is 2.55. The fraction of sp³-hybridized carbons (Fsp3) is 0.611. The number of rotatable bonds is 7. The van der Waals surface area contributed by atoms with Crippen LogP contribution in [0.3, 0.4) is 0 Å². The van der Waals surface area contributed by atoms with Gasteiger partial charge in [0.05, 0.1) is 6.61 Å². The lowest BCUT2D eigenvalue weighted by molar-refractivity contribution is -0.125. The van der Waals surface area contributed by atoms with Gasteiger partial charge in [0.25, 0.3) is 0 Å². The summed E-state index contributed by atoms with van der Waals surface area (Å²) in [5, 5.41) is 6.34. The van der Waals surface area contributed by atoms with Crippen molar-refractivity contribution in [2.75, 3.05) is 26.2 Å². The molecule has 122 valence electrons. The number of benzene rings is 1. The Labute approximate surface area is 133 Å². The smallest absolute Gasteiger partial charge is 0.223 e. The van der Waals surface area contributed by atoms with Crippen molar-refractivity contribution >= 4 is 5.91 Å². The molecule has 0 spiro atoms. The van der Waals surface area contributed by atoms with E-state index >= 15 is 0 Å². The molecule has 0 radical (unpaired) electrons. The van der Waals surface area contributed by atoms with E-state index in [1.807, 2.05) is 12.1 Å². The average molecular weight is 304 g/mol. The largest absolute Gasteiger partial charge is 0.493 e. The first-order chi connectivity index (χ1) is 10.6. The van der Waals surface area contributed by atoms with E-state index in [-0.39, 0.29) is 11.8 Å². The second-order valence-electron chi connectivity index (χ2n) is 6.41. The van der Waals surface area contributed by atoms with E-state index in [4.69, 9.17) is 4.74 Å². The standard InChI is InChI=1S/C18H28N2O2/c1-14(2)13-22-17-5-3-15(4-6-17)7-12-20-18(21)16-8-10-19-11-9-16/h3-6,14,16,19H,7-13H2,1-2H3,(H,20,21). The van der Waals surface area contributed by atoms with Crippen molar-refractivity contribution in [2.24, 2.45) is 11.8 Å². The molecule has 1 aromatic rings. The first kappa shape index (κ1) is 16.8. The third kappa shape index (κ3) is 5.68. The van der Waals surface area contributed by atoms with Gasteiger partial charge in [-0.3, -0.25) is 4.79 Å². The van der Waals surface area contributed by atoms with Crippen LogP contribution < -0.4 is 15.4 Å². The predicted molar refractivity (Wildman–Crippen MR) is 89.1 cm³/mol. The molecule has 4 nitrogen and oxygen atoms in total. The van der Waals surface area contributed by atoms with Gasteiger partial charge in [0, 0.05) is 12.5 Å². The highest BCUT2D eigenvalue weighted by Gasteiger charge is 2.20. The minimum absolute atomic E-state index is 0.188. The van der Waals surface area contributed by atoms with Crippen molar-refractivity contribution in [3.63, 3.8) is 0 Å². The fourth-order valence-electron chi connectivity index (χ4n) is 2.57. The molecule has 1 heterocycles. The molecule has 0 bridgehead atoms. The SMILES string of the molecule is CC(C)COc1ccc(CCNC(=O)C2CCNCC2)cc1. The first-order valence-electron chi connectivity index (χ1n) is 8.35. The Hall–Kier alpha value is -1.55. The number of hydrogen-bond acceptors (Lipinski definition) is 3. The third-order valence-corrected chi connectivity index (χ3v) is 3.93. The minimum Gasteiger partial charge on any atom is -0.493 e. The third-order valence-electron chi connectivity index (χ3n) is 3.93. The Kier molecular flexibility index (Phi) is 6.72. The molecule has 22 heavy (non-hydrogen) atoms. The van der Waals surface area contributed by atoms with Gasteiger partial charge in [-0.1, -0.05) is 26.0 Å². The van der Waals surface area contributed by atoms with Gasteiger partial charge < -0.3 is 15.4 Å². The summed E-state index contributed by atoms with van der Waals surface area (Å²) in [7, 11) is 0. The highest BCUT2D eigenvalue weighted by molar-refractivity contribution is 5.78. The quantitative estimate of drug-likeness (QED) is 0.813. The van der Waals surface area contributed by atoms with E-state index in [1.54, 1.807) is 0 Å². The Bertz CT molecular complexity index is 451. The number of carbonyl (C=O) groups is 1. The monoisotopic (exact) mass is 304 g/mol. The molecule has 1 saturated heterocycles. The van der Waals surface area contributed by atoms with Crippen LogP contribution in [0.5, 0.6) is 5.75 Å². The van der Waals surface area contributed by atoms with E-state index in [2.05, 4.69) is 36.6 Å². The van der Waals surface area contributed by atoms with Crippen molar-refractivity contribution < 1.29 is 9.53 Å². The molecular weight excluding hydrogens is 276 g/mol. The first-order valence-corrected chi connectivity index (χ1v) is 8.35. The number of amides is 1. The summed E-state index contributed by atoms with van der Waals surface area (Å²) in [4.78, 5) is 12.0. The molecule has 1 aliphatic rings. The van der Waals surface area contributed by atoms with Gasteiger partial charge in [-0.2, -0.15) is 0 Å². The van der Waals surface area contributed by atoms with Crippen molar-refractivity contribution in [2.45, 2.75) is 33.1 Å². The molecule has 2 N–H and O–H groups in total. The summed E-state index contributed by atoms with van der Waals surface area (Å²) in [5.74, 6) is 1.84. The van der Waals surface area contributed by atoms with Gasteiger partial charge in [0.15, 0.2) is 0 Å². The summed E-state index contributed by atoms with van der Waals surface area (Å²) in [6.07, 6.45) is 2.77. The number of carbonyl (C=O) groups excluding carboxylic acids is 1. The lowest BCUT2D eigenvalue weighted by atomic mass is 9.97. The molecule has 4 heteroatoms. The Balaban J connectivity index is 1.69. The van der Waals surface area contributed by atoms with Gasteiger partial charge >= 0.3 is 0 Å². The van der Waals surface area contributed by atoms with Gasteiger partial charge in [0.2, 0.25) is 5.91 Å². The van der Waals surface area contributed by atoms with Crippen LogP contribution in [0, 0.1) is 11.8 Å². The molecule has 0 unspecified atom stereocenters. The van der Waals surface area contributed by atoms with E-state index < -0.39 is 0 Å². The highest BCUT2D eigenvalue weighted by atomic mass is 16.5. The zero-order valence-corrected chi connectivity index (χ0v) is 13.7. The minimum atomic E-state index is 0.188. The van der Waals surface area contributed by atoms with Crippen molar-refractivity contribution in [1.29, 1.82) is 0 Å². The predicted octanol–water partition coefficient (Wildman–Crippen LogP) is 2.38. The zero-order valence-electron chi connectivity index (χ0n) is 13.7. The maximum atomic E-state index is 12.0. The van der Waals surface area contributed by atoms with Crippen LogP contribution in [0.2, 0.25) is 0 Å². The highest BCUT2D eigenvalue weighted by Crippen LogP contribution is 2.14. The Morgan fingerprint density at radius 1 is 1.27 bits per heavy atom. The van der Waals surface area contributed by atoms with Crippen LogP contribution in [0.15, 0.2) is 24.3 Å². The molecule has 1 aliphatic heterocycles. The molecule has 0 atom stereocenters. The Morgan fingerprint density at radius 3 is 2.59 bits per heavy atom. The number of hydrogen-bond donors (Lipinski definition) is 2. The second-order valence-corrected chi connectivity index (χ2v) is 6.41. The molecule has 0 saturated carbocycles. The van der Waals surface area contributed by atoms with Crippen LogP contribution in [-0.2, 0) is 11.2 Å². The van der Waals surface area contributed by atoms with E-state index in [9.17, 15) is 4.79 Å². The topological polar surface area (TPSA) is 50.4 Å². The molecule has 1 aromatic carbocycles. The van der Waals surface area contributed by atoms with E-state index in [1.165, 1.54) is 5.56 Å². The van der Waals surface area contributed by atoms with Gasteiger partial charge in [0.1, 0.15) is 5.75 Å². The lowest BCUT2D eigenvalue weighted by Crippen LogP contribution is -2.38. The van der Waals surface area contributed by atoms with Crippen LogP contribution in [0.25, 0.3) is 0 Å². The van der Waals surface area contributed by atoms with E-state index in [0.29, 0.717) is 12.5 Å². The maximum absolute atomic E-state index is 12.0. The normalized spacial score (nSPS) is 15.8. The molecule has 1 amide bonds.